The van der Waals surface area contributed by atoms with Gasteiger partial charge in [-0.25, -0.2) is 4.39 Å². The standard InChI is InChI=1S/C24H29FN8O/c1-29-9-11-31(12-10-29)22-7-8-23(27-26-22)32-13-15-33(16-14-32)24(34)21-17-20(28-30(21)2)18-3-5-19(25)6-4-18/h3-8,17H,9-16H2,1-2H3. The number of hydrogen-bond acceptors (Lipinski definition) is 7. The van der Waals surface area contributed by atoms with Gasteiger partial charge in [0.05, 0.1) is 5.69 Å². The lowest BCUT2D eigenvalue weighted by Gasteiger charge is -2.35. The first-order chi connectivity index (χ1) is 16.5. The molecule has 2 fully saturated rings. The van der Waals surface area contributed by atoms with E-state index in [2.05, 4.69) is 37.0 Å². The fourth-order valence-corrected chi connectivity index (χ4v) is 4.42. The third kappa shape index (κ3) is 4.58. The molecule has 3 aromatic rings. The van der Waals surface area contributed by atoms with Crippen LogP contribution < -0.4 is 9.80 Å². The van der Waals surface area contributed by atoms with E-state index in [1.54, 1.807) is 29.9 Å². The number of aryl methyl sites for hydroxylation is 1. The van der Waals surface area contributed by atoms with Crippen molar-refractivity contribution < 1.29 is 9.18 Å². The number of likely N-dealkylation sites (N-methyl/N-ethyl adjacent to an activating group) is 1. The molecule has 0 spiro atoms. The minimum absolute atomic E-state index is 0.0560. The largest absolute Gasteiger partial charge is 0.353 e. The van der Waals surface area contributed by atoms with Crippen molar-refractivity contribution in [1.29, 1.82) is 0 Å². The highest BCUT2D eigenvalue weighted by molar-refractivity contribution is 5.94. The molecule has 5 rings (SSSR count). The zero-order valence-electron chi connectivity index (χ0n) is 19.6. The van der Waals surface area contributed by atoms with E-state index < -0.39 is 0 Å². The number of carbonyl (C=O) groups is 1. The number of rotatable bonds is 4. The van der Waals surface area contributed by atoms with E-state index in [-0.39, 0.29) is 11.7 Å². The molecule has 2 aliphatic rings. The summed E-state index contributed by atoms with van der Waals surface area (Å²) in [6.45, 7) is 6.55. The average Bonchev–Trinajstić information content (AvgIpc) is 3.26. The van der Waals surface area contributed by atoms with E-state index in [9.17, 15) is 9.18 Å². The lowest BCUT2D eigenvalue weighted by molar-refractivity contribution is 0.0735. The Labute approximate surface area is 198 Å². The Bertz CT molecular complexity index is 1130. The Morgan fingerprint density at radius 3 is 1.91 bits per heavy atom. The van der Waals surface area contributed by atoms with Crippen LogP contribution in [-0.4, -0.2) is 95.1 Å². The van der Waals surface area contributed by atoms with Gasteiger partial charge in [0, 0.05) is 65.0 Å². The number of piperazine rings is 2. The zero-order chi connectivity index (χ0) is 23.7. The Hall–Kier alpha value is -3.53. The fraction of sp³-hybridized carbons (Fsp3) is 0.417. The zero-order valence-corrected chi connectivity index (χ0v) is 19.6. The van der Waals surface area contributed by atoms with Crippen LogP contribution in [0.1, 0.15) is 10.5 Å². The second-order valence-electron chi connectivity index (χ2n) is 8.86. The highest BCUT2D eigenvalue weighted by Crippen LogP contribution is 2.22. The van der Waals surface area contributed by atoms with Gasteiger partial charge in [-0.3, -0.25) is 9.48 Å². The number of benzene rings is 1. The third-order valence-electron chi connectivity index (χ3n) is 6.59. The van der Waals surface area contributed by atoms with Crippen LogP contribution in [0.25, 0.3) is 11.3 Å². The molecule has 0 unspecified atom stereocenters. The molecular formula is C24H29FN8O. The van der Waals surface area contributed by atoms with Gasteiger partial charge in [-0.05, 0) is 49.5 Å². The van der Waals surface area contributed by atoms with Crippen molar-refractivity contribution in [2.75, 3.05) is 69.2 Å². The molecule has 9 nitrogen and oxygen atoms in total. The molecule has 0 atom stereocenters. The third-order valence-corrected chi connectivity index (χ3v) is 6.59. The predicted molar refractivity (Wildman–Crippen MR) is 128 cm³/mol. The molecule has 10 heteroatoms. The van der Waals surface area contributed by atoms with Crippen molar-refractivity contribution in [1.82, 2.24) is 29.8 Å². The van der Waals surface area contributed by atoms with Crippen molar-refractivity contribution >= 4 is 17.5 Å². The molecular weight excluding hydrogens is 435 g/mol. The molecule has 0 radical (unpaired) electrons. The molecule has 2 saturated heterocycles. The molecule has 0 N–H and O–H groups in total. The number of hydrogen-bond donors (Lipinski definition) is 0. The normalized spacial score (nSPS) is 17.3. The Morgan fingerprint density at radius 1 is 0.794 bits per heavy atom. The van der Waals surface area contributed by atoms with Gasteiger partial charge in [0.2, 0.25) is 0 Å². The number of nitrogens with zero attached hydrogens (tertiary/aromatic N) is 8. The molecule has 0 bridgehead atoms. The van der Waals surface area contributed by atoms with Crippen LogP contribution in [0.2, 0.25) is 0 Å². The summed E-state index contributed by atoms with van der Waals surface area (Å²) >= 11 is 0. The first-order valence-electron chi connectivity index (χ1n) is 11.6. The van der Waals surface area contributed by atoms with E-state index in [4.69, 9.17) is 0 Å². The summed E-state index contributed by atoms with van der Waals surface area (Å²) in [6, 6.07) is 12.0. The summed E-state index contributed by atoms with van der Waals surface area (Å²) in [5, 5.41) is 13.4. The van der Waals surface area contributed by atoms with Crippen molar-refractivity contribution in [2.45, 2.75) is 0 Å². The summed E-state index contributed by atoms with van der Waals surface area (Å²) in [7, 11) is 3.89. The molecule has 178 valence electrons. The van der Waals surface area contributed by atoms with Gasteiger partial charge >= 0.3 is 0 Å². The maximum absolute atomic E-state index is 13.2. The van der Waals surface area contributed by atoms with E-state index >= 15 is 0 Å². The number of halogens is 1. The van der Waals surface area contributed by atoms with Crippen LogP contribution in [0, 0.1) is 5.82 Å². The number of aromatic nitrogens is 4. The lowest BCUT2D eigenvalue weighted by atomic mass is 10.1. The summed E-state index contributed by atoms with van der Waals surface area (Å²) in [4.78, 5) is 21.7. The molecule has 4 heterocycles. The summed E-state index contributed by atoms with van der Waals surface area (Å²) in [5.41, 5.74) is 1.95. The number of anilines is 2. The van der Waals surface area contributed by atoms with Crippen molar-refractivity contribution in [3.63, 3.8) is 0 Å². The van der Waals surface area contributed by atoms with Crippen LogP contribution in [-0.2, 0) is 7.05 Å². The SMILES string of the molecule is CN1CCN(c2ccc(N3CCN(C(=O)c4cc(-c5ccc(F)cc5)nn4C)CC3)nn2)CC1. The van der Waals surface area contributed by atoms with Crippen LogP contribution in [0.15, 0.2) is 42.5 Å². The van der Waals surface area contributed by atoms with Gasteiger partial charge < -0.3 is 19.6 Å². The first kappa shape index (κ1) is 22.3. The lowest BCUT2D eigenvalue weighted by Crippen LogP contribution is -2.49. The van der Waals surface area contributed by atoms with E-state index in [0.717, 1.165) is 43.4 Å². The second-order valence-corrected chi connectivity index (χ2v) is 8.86. The minimum atomic E-state index is -0.299. The Kier molecular flexibility index (Phi) is 6.14. The van der Waals surface area contributed by atoms with Gasteiger partial charge in [-0.15, -0.1) is 10.2 Å². The van der Waals surface area contributed by atoms with Crippen molar-refractivity contribution in [3.05, 3.63) is 54.0 Å². The van der Waals surface area contributed by atoms with Crippen LogP contribution >= 0.6 is 0 Å². The molecule has 0 saturated carbocycles. The predicted octanol–water partition coefficient (Wildman–Crippen LogP) is 1.73. The molecule has 34 heavy (non-hydrogen) atoms. The van der Waals surface area contributed by atoms with E-state index in [1.807, 2.05) is 17.0 Å². The number of carbonyl (C=O) groups excluding carboxylic acids is 1. The quantitative estimate of drug-likeness (QED) is 0.582. The van der Waals surface area contributed by atoms with Crippen molar-refractivity contribution in [3.8, 4) is 11.3 Å². The van der Waals surface area contributed by atoms with E-state index in [1.165, 1.54) is 12.1 Å². The van der Waals surface area contributed by atoms with Gasteiger partial charge in [-0.2, -0.15) is 5.10 Å². The van der Waals surface area contributed by atoms with Gasteiger partial charge in [0.25, 0.3) is 5.91 Å². The van der Waals surface area contributed by atoms with Gasteiger partial charge in [0.15, 0.2) is 11.6 Å². The first-order valence-corrected chi connectivity index (χ1v) is 11.6. The van der Waals surface area contributed by atoms with Crippen LogP contribution in [0.3, 0.4) is 0 Å². The molecule has 2 aliphatic heterocycles. The minimum Gasteiger partial charge on any atom is -0.353 e. The summed E-state index contributed by atoms with van der Waals surface area (Å²) < 4.78 is 14.8. The summed E-state index contributed by atoms with van der Waals surface area (Å²) in [5.74, 6) is 1.40. The molecule has 0 aliphatic carbocycles. The van der Waals surface area contributed by atoms with Crippen molar-refractivity contribution in [2.24, 2.45) is 7.05 Å². The molecule has 1 aromatic carbocycles. The number of amides is 1. The smallest absolute Gasteiger partial charge is 0.272 e. The molecule has 1 amide bonds. The maximum Gasteiger partial charge on any atom is 0.272 e. The highest BCUT2D eigenvalue weighted by Gasteiger charge is 2.26. The average molecular weight is 465 g/mol. The highest BCUT2D eigenvalue weighted by atomic mass is 19.1. The topological polar surface area (TPSA) is 73.6 Å². The summed E-state index contributed by atoms with van der Waals surface area (Å²) in [6.07, 6.45) is 0. The van der Waals surface area contributed by atoms with Gasteiger partial charge in [0.1, 0.15) is 11.5 Å². The Morgan fingerprint density at radius 2 is 1.35 bits per heavy atom. The molecule has 2 aromatic heterocycles. The maximum atomic E-state index is 13.2. The Balaban J connectivity index is 1.20. The second kappa shape index (κ2) is 9.38. The fourth-order valence-electron chi connectivity index (χ4n) is 4.42. The van der Waals surface area contributed by atoms with Crippen LogP contribution in [0.4, 0.5) is 16.0 Å². The monoisotopic (exact) mass is 464 g/mol. The van der Waals surface area contributed by atoms with E-state index in [0.29, 0.717) is 37.6 Å². The van der Waals surface area contributed by atoms with Gasteiger partial charge in [-0.1, -0.05) is 0 Å². The van der Waals surface area contributed by atoms with Crippen LogP contribution in [0.5, 0.6) is 0 Å².